The maximum atomic E-state index is 12.1. The Bertz CT molecular complexity index is 647. The van der Waals surface area contributed by atoms with Gasteiger partial charge in [0.2, 0.25) is 5.91 Å². The van der Waals surface area contributed by atoms with Crippen molar-refractivity contribution in [1.82, 2.24) is 4.90 Å². The van der Waals surface area contributed by atoms with Gasteiger partial charge in [0, 0.05) is 17.3 Å². The van der Waals surface area contributed by atoms with E-state index in [2.05, 4.69) is 5.32 Å². The second-order valence-corrected chi connectivity index (χ2v) is 5.77. The van der Waals surface area contributed by atoms with Crippen LogP contribution in [0.25, 0.3) is 0 Å². The number of benzene rings is 2. The summed E-state index contributed by atoms with van der Waals surface area (Å²) in [4.78, 5) is 14.0. The number of carbonyl (C=O) groups excluding carboxylic acids is 1. The average Bonchev–Trinajstić information content (AvgIpc) is 2.53. The molecule has 2 aromatic rings. The first-order chi connectivity index (χ1) is 11.1. The van der Waals surface area contributed by atoms with E-state index < -0.39 is 0 Å². The summed E-state index contributed by atoms with van der Waals surface area (Å²) in [6.45, 7) is 3.38. The fourth-order valence-corrected chi connectivity index (χ4v) is 2.27. The van der Waals surface area contributed by atoms with Gasteiger partial charge in [-0.1, -0.05) is 35.9 Å². The lowest BCUT2D eigenvalue weighted by Gasteiger charge is -2.17. The van der Waals surface area contributed by atoms with Crippen molar-refractivity contribution >= 4 is 23.2 Å². The topological polar surface area (TPSA) is 41.6 Å². The molecular formula is C18H21ClN2O2. The van der Waals surface area contributed by atoms with Crippen LogP contribution in [-0.2, 0) is 4.79 Å². The van der Waals surface area contributed by atoms with Crippen LogP contribution >= 0.6 is 11.6 Å². The van der Waals surface area contributed by atoms with E-state index in [0.717, 1.165) is 17.0 Å². The number of rotatable bonds is 7. The van der Waals surface area contributed by atoms with E-state index in [1.165, 1.54) is 0 Å². The molecule has 0 spiro atoms. The third kappa shape index (κ3) is 5.58. The van der Waals surface area contributed by atoms with Gasteiger partial charge < -0.3 is 10.1 Å². The van der Waals surface area contributed by atoms with Crippen molar-refractivity contribution in [3.63, 3.8) is 0 Å². The molecule has 5 heteroatoms. The number of carbonyl (C=O) groups is 1. The fraction of sp³-hybridized carbons (Fsp3) is 0.278. The van der Waals surface area contributed by atoms with Gasteiger partial charge in [-0.25, -0.2) is 0 Å². The summed E-state index contributed by atoms with van der Waals surface area (Å²) < 4.78 is 5.62. The Morgan fingerprint density at radius 1 is 1.17 bits per heavy atom. The molecule has 0 heterocycles. The summed E-state index contributed by atoms with van der Waals surface area (Å²) in [6.07, 6.45) is 0. The molecule has 0 saturated carbocycles. The molecule has 2 rings (SSSR count). The monoisotopic (exact) mass is 332 g/mol. The van der Waals surface area contributed by atoms with E-state index in [-0.39, 0.29) is 5.91 Å². The maximum absolute atomic E-state index is 12.1. The lowest BCUT2D eigenvalue weighted by atomic mass is 10.2. The van der Waals surface area contributed by atoms with Gasteiger partial charge in [0.15, 0.2) is 0 Å². The van der Waals surface area contributed by atoms with Crippen LogP contribution < -0.4 is 10.1 Å². The van der Waals surface area contributed by atoms with Gasteiger partial charge in [0.1, 0.15) is 12.4 Å². The summed E-state index contributed by atoms with van der Waals surface area (Å²) in [5, 5.41) is 3.53. The highest BCUT2D eigenvalue weighted by atomic mass is 35.5. The van der Waals surface area contributed by atoms with Crippen molar-refractivity contribution < 1.29 is 9.53 Å². The van der Waals surface area contributed by atoms with Crippen LogP contribution in [0.3, 0.4) is 0 Å². The summed E-state index contributed by atoms with van der Waals surface area (Å²) in [5.74, 6) is 0.762. The molecule has 4 nitrogen and oxygen atoms in total. The number of anilines is 1. The smallest absolute Gasteiger partial charge is 0.238 e. The van der Waals surface area contributed by atoms with E-state index in [4.69, 9.17) is 16.3 Å². The number of hydrogen-bond acceptors (Lipinski definition) is 3. The van der Waals surface area contributed by atoms with Gasteiger partial charge in [-0.2, -0.15) is 0 Å². The van der Waals surface area contributed by atoms with Crippen molar-refractivity contribution in [3.05, 3.63) is 59.1 Å². The van der Waals surface area contributed by atoms with Crippen LogP contribution in [0.5, 0.6) is 5.75 Å². The molecule has 122 valence electrons. The third-order valence-electron chi connectivity index (χ3n) is 3.44. The van der Waals surface area contributed by atoms with E-state index >= 15 is 0 Å². The number of hydrogen-bond donors (Lipinski definition) is 1. The molecule has 0 unspecified atom stereocenters. The SMILES string of the molecule is Cc1c(Cl)cccc1NC(=O)CN(C)CCOc1ccccc1. The standard InChI is InChI=1S/C18H21ClN2O2/c1-14-16(19)9-6-10-17(14)20-18(22)13-21(2)11-12-23-15-7-4-3-5-8-15/h3-10H,11-13H2,1-2H3,(H,20,22). The lowest BCUT2D eigenvalue weighted by molar-refractivity contribution is -0.117. The van der Waals surface area contributed by atoms with Crippen molar-refractivity contribution in [2.45, 2.75) is 6.92 Å². The number of nitrogens with zero attached hydrogens (tertiary/aromatic N) is 1. The van der Waals surface area contributed by atoms with Crippen molar-refractivity contribution in [2.24, 2.45) is 0 Å². The largest absolute Gasteiger partial charge is 0.492 e. The normalized spacial score (nSPS) is 10.6. The number of amides is 1. The summed E-state index contributed by atoms with van der Waals surface area (Å²) >= 11 is 6.05. The second-order valence-electron chi connectivity index (χ2n) is 5.36. The van der Waals surface area contributed by atoms with Gasteiger partial charge in [0.05, 0.1) is 6.54 Å². The minimum atomic E-state index is -0.0717. The van der Waals surface area contributed by atoms with Gasteiger partial charge in [0.25, 0.3) is 0 Å². The first-order valence-corrected chi connectivity index (χ1v) is 7.85. The van der Waals surface area contributed by atoms with Crippen molar-refractivity contribution in [1.29, 1.82) is 0 Å². The first-order valence-electron chi connectivity index (χ1n) is 7.47. The van der Waals surface area contributed by atoms with Crippen LogP contribution in [0.2, 0.25) is 5.02 Å². The Labute approximate surface area is 142 Å². The van der Waals surface area contributed by atoms with Gasteiger partial charge in [-0.15, -0.1) is 0 Å². The predicted octanol–water partition coefficient (Wildman–Crippen LogP) is 3.60. The second kappa shape index (κ2) is 8.56. The molecule has 0 aliphatic heterocycles. The average molecular weight is 333 g/mol. The Kier molecular flexibility index (Phi) is 6.44. The van der Waals surface area contributed by atoms with E-state index in [0.29, 0.717) is 24.7 Å². The van der Waals surface area contributed by atoms with Gasteiger partial charge in [-0.3, -0.25) is 9.69 Å². The molecule has 0 aliphatic rings. The summed E-state index contributed by atoms with van der Waals surface area (Å²) in [5.41, 5.74) is 1.62. The number of ether oxygens (including phenoxy) is 1. The quantitative estimate of drug-likeness (QED) is 0.842. The zero-order valence-corrected chi connectivity index (χ0v) is 14.1. The molecule has 23 heavy (non-hydrogen) atoms. The molecule has 0 saturated heterocycles. The molecule has 0 aromatic heterocycles. The summed E-state index contributed by atoms with van der Waals surface area (Å²) in [6, 6.07) is 15.1. The number of nitrogens with one attached hydrogen (secondary N) is 1. The lowest BCUT2D eigenvalue weighted by Crippen LogP contribution is -2.33. The predicted molar refractivity (Wildman–Crippen MR) is 94.3 cm³/mol. The molecule has 1 amide bonds. The zero-order chi connectivity index (χ0) is 16.7. The van der Waals surface area contributed by atoms with E-state index in [1.807, 2.05) is 61.3 Å². The molecular weight excluding hydrogens is 312 g/mol. The van der Waals surface area contributed by atoms with E-state index in [9.17, 15) is 4.79 Å². The number of halogens is 1. The van der Waals surface area contributed by atoms with Crippen molar-refractivity contribution in [2.75, 3.05) is 32.1 Å². The Morgan fingerprint density at radius 2 is 1.91 bits per heavy atom. The summed E-state index contributed by atoms with van der Waals surface area (Å²) in [7, 11) is 1.89. The Hall–Kier alpha value is -2.04. The Balaban J connectivity index is 1.75. The van der Waals surface area contributed by atoms with Gasteiger partial charge in [-0.05, 0) is 43.8 Å². The highest BCUT2D eigenvalue weighted by molar-refractivity contribution is 6.31. The molecule has 0 radical (unpaired) electrons. The zero-order valence-electron chi connectivity index (χ0n) is 13.4. The number of likely N-dealkylation sites (N-methyl/N-ethyl adjacent to an activating group) is 1. The maximum Gasteiger partial charge on any atom is 0.238 e. The van der Waals surface area contributed by atoms with Crippen LogP contribution in [0.4, 0.5) is 5.69 Å². The molecule has 1 N–H and O–H groups in total. The fourth-order valence-electron chi connectivity index (χ4n) is 2.09. The first kappa shape index (κ1) is 17.3. The molecule has 0 fully saturated rings. The highest BCUT2D eigenvalue weighted by Gasteiger charge is 2.09. The molecule has 0 atom stereocenters. The third-order valence-corrected chi connectivity index (χ3v) is 3.85. The van der Waals surface area contributed by atoms with Crippen LogP contribution in [0.15, 0.2) is 48.5 Å². The van der Waals surface area contributed by atoms with Gasteiger partial charge >= 0.3 is 0 Å². The van der Waals surface area contributed by atoms with E-state index in [1.54, 1.807) is 6.07 Å². The number of para-hydroxylation sites is 1. The van der Waals surface area contributed by atoms with Crippen molar-refractivity contribution in [3.8, 4) is 5.75 Å². The minimum Gasteiger partial charge on any atom is -0.492 e. The molecule has 0 bridgehead atoms. The van der Waals surface area contributed by atoms with Crippen LogP contribution in [0, 0.1) is 6.92 Å². The van der Waals surface area contributed by atoms with Crippen LogP contribution in [0.1, 0.15) is 5.56 Å². The highest BCUT2D eigenvalue weighted by Crippen LogP contribution is 2.22. The molecule has 0 aliphatic carbocycles. The van der Waals surface area contributed by atoms with Crippen LogP contribution in [-0.4, -0.2) is 37.6 Å². The molecule has 2 aromatic carbocycles. The Morgan fingerprint density at radius 3 is 2.65 bits per heavy atom. The minimum absolute atomic E-state index is 0.0717.